The average molecular weight is 560 g/mol. The minimum Gasteiger partial charge on any atom is -0.322 e. The molecule has 2 N–H and O–H groups in total. The topological polar surface area (TPSA) is 78.5 Å². The van der Waals surface area contributed by atoms with E-state index in [4.69, 9.17) is 0 Å². The van der Waals surface area contributed by atoms with Gasteiger partial charge in [0.25, 0.3) is 5.91 Å². The predicted molar refractivity (Wildman–Crippen MR) is 158 cm³/mol. The standard InChI is InChI=1S/C33H41N3O3S/c1-3-33(16-24-12-21(2)13-25(15-24)17-33)34-18-22-6-4-7-23(14-22)20-40-29-9-5-8-26-27(29)19-36(32(26)39)28-10-11-30(37)35-31(28)38/h4-9,14,21,24-25,28,34H,3,10-13,15-20H2,1-2H3,(H,35,37,38). The van der Waals surface area contributed by atoms with Gasteiger partial charge in [-0.3, -0.25) is 19.7 Å². The second-order valence-electron chi connectivity index (χ2n) is 12.7. The monoisotopic (exact) mass is 559 g/mol. The molecule has 0 spiro atoms. The van der Waals surface area contributed by atoms with Crippen LogP contribution in [0.15, 0.2) is 47.4 Å². The van der Waals surface area contributed by atoms with E-state index in [0.29, 0.717) is 18.5 Å². The maximum atomic E-state index is 13.2. The first-order valence-electron chi connectivity index (χ1n) is 15.0. The lowest BCUT2D eigenvalue weighted by atomic mass is 9.61. The van der Waals surface area contributed by atoms with Crippen molar-refractivity contribution in [1.29, 1.82) is 0 Å². The highest BCUT2D eigenvalue weighted by atomic mass is 32.2. The molecule has 2 aliphatic carbocycles. The van der Waals surface area contributed by atoms with Gasteiger partial charge in [0.05, 0.1) is 0 Å². The largest absolute Gasteiger partial charge is 0.322 e. The van der Waals surface area contributed by atoms with Gasteiger partial charge in [-0.15, -0.1) is 11.8 Å². The Labute approximate surface area is 242 Å². The Kier molecular flexibility index (Phi) is 7.79. The quantitative estimate of drug-likeness (QED) is 0.315. The summed E-state index contributed by atoms with van der Waals surface area (Å²) in [4.78, 5) is 39.9. The van der Waals surface area contributed by atoms with Crippen LogP contribution in [0, 0.1) is 17.8 Å². The molecule has 2 aliphatic heterocycles. The van der Waals surface area contributed by atoms with E-state index in [1.54, 1.807) is 16.7 Å². The molecule has 0 radical (unpaired) electrons. The number of amides is 3. The molecule has 212 valence electrons. The van der Waals surface area contributed by atoms with Gasteiger partial charge in [-0.25, -0.2) is 0 Å². The fourth-order valence-electron chi connectivity index (χ4n) is 7.95. The van der Waals surface area contributed by atoms with E-state index in [1.807, 2.05) is 12.1 Å². The molecule has 2 aromatic rings. The summed E-state index contributed by atoms with van der Waals surface area (Å²) >= 11 is 1.75. The first-order valence-corrected chi connectivity index (χ1v) is 16.0. The molecule has 40 heavy (non-hydrogen) atoms. The third-order valence-corrected chi connectivity index (χ3v) is 10.9. The molecule has 2 aromatic carbocycles. The summed E-state index contributed by atoms with van der Waals surface area (Å²) in [5.74, 6) is 2.71. The molecule has 3 atom stereocenters. The Morgan fingerprint density at radius 1 is 1.02 bits per heavy atom. The van der Waals surface area contributed by atoms with Crippen molar-refractivity contribution in [2.75, 3.05) is 0 Å². The van der Waals surface area contributed by atoms with Gasteiger partial charge >= 0.3 is 0 Å². The van der Waals surface area contributed by atoms with Gasteiger partial charge in [0.2, 0.25) is 11.8 Å². The highest BCUT2D eigenvalue weighted by Crippen LogP contribution is 2.47. The molecule has 6 nitrogen and oxygen atoms in total. The van der Waals surface area contributed by atoms with Crippen LogP contribution in [0.2, 0.25) is 0 Å². The van der Waals surface area contributed by atoms with Crippen LogP contribution in [0.3, 0.4) is 0 Å². The number of hydrogen-bond donors (Lipinski definition) is 2. The number of fused-ring (bicyclic) bond motifs is 3. The second-order valence-corrected chi connectivity index (χ2v) is 13.7. The summed E-state index contributed by atoms with van der Waals surface area (Å²) in [6.07, 6.45) is 8.69. The normalized spacial score (nSPS) is 29.9. The summed E-state index contributed by atoms with van der Waals surface area (Å²) in [6, 6.07) is 14.2. The smallest absolute Gasteiger partial charge is 0.255 e. The van der Waals surface area contributed by atoms with E-state index in [0.717, 1.165) is 40.5 Å². The molecule has 6 rings (SSSR count). The van der Waals surface area contributed by atoms with E-state index < -0.39 is 6.04 Å². The first kappa shape index (κ1) is 27.5. The lowest BCUT2D eigenvalue weighted by molar-refractivity contribution is -0.136. The predicted octanol–water partition coefficient (Wildman–Crippen LogP) is 5.82. The van der Waals surface area contributed by atoms with E-state index in [9.17, 15) is 14.4 Å². The SMILES string of the molecule is CCC1(NCc2cccc(CSc3cccc4c3CN(C3CCC(=O)NC3=O)C4=O)c2)CC2CC(C)CC(C2)C1. The number of nitrogens with one attached hydrogen (secondary N) is 2. The number of benzene rings is 2. The summed E-state index contributed by atoms with van der Waals surface area (Å²) in [6.45, 7) is 6.10. The Balaban J connectivity index is 1.09. The minimum absolute atomic E-state index is 0.119. The molecule has 1 saturated heterocycles. The molecule has 3 amide bonds. The molecule has 2 bridgehead atoms. The average Bonchev–Trinajstić information content (AvgIpc) is 3.27. The number of carbonyl (C=O) groups excluding carboxylic acids is 3. The van der Waals surface area contributed by atoms with Crippen molar-refractivity contribution in [2.24, 2.45) is 17.8 Å². The highest BCUT2D eigenvalue weighted by molar-refractivity contribution is 7.98. The zero-order valence-electron chi connectivity index (χ0n) is 23.7. The number of thioether (sulfide) groups is 1. The van der Waals surface area contributed by atoms with E-state index in [-0.39, 0.29) is 29.7 Å². The summed E-state index contributed by atoms with van der Waals surface area (Å²) in [5, 5.41) is 6.41. The third-order valence-electron chi connectivity index (χ3n) is 9.77. The maximum Gasteiger partial charge on any atom is 0.255 e. The van der Waals surface area contributed by atoms with Crippen molar-refractivity contribution in [3.63, 3.8) is 0 Å². The van der Waals surface area contributed by atoms with Crippen molar-refractivity contribution >= 4 is 29.5 Å². The van der Waals surface area contributed by atoms with Crippen molar-refractivity contribution in [3.05, 3.63) is 64.7 Å². The van der Waals surface area contributed by atoms with Crippen LogP contribution in [0.5, 0.6) is 0 Å². The fraction of sp³-hybridized carbons (Fsp3) is 0.545. The fourth-order valence-corrected chi connectivity index (χ4v) is 8.98. The Hall–Kier alpha value is -2.64. The minimum atomic E-state index is -0.585. The van der Waals surface area contributed by atoms with E-state index in [2.05, 4.69) is 54.8 Å². The molecule has 0 aromatic heterocycles. The zero-order chi connectivity index (χ0) is 27.9. The number of piperidine rings is 1. The van der Waals surface area contributed by atoms with Gasteiger partial charge < -0.3 is 10.2 Å². The van der Waals surface area contributed by atoms with Crippen LogP contribution in [-0.2, 0) is 28.4 Å². The second kappa shape index (κ2) is 11.3. The van der Waals surface area contributed by atoms with Crippen LogP contribution in [-0.4, -0.2) is 34.2 Å². The molecule has 2 saturated carbocycles. The van der Waals surface area contributed by atoms with Crippen LogP contribution in [0.25, 0.3) is 0 Å². The summed E-state index contributed by atoms with van der Waals surface area (Å²) in [5.41, 5.74) is 4.52. The number of rotatable bonds is 8. The number of nitrogens with zero attached hydrogens (tertiary/aromatic N) is 1. The van der Waals surface area contributed by atoms with Crippen LogP contribution < -0.4 is 10.6 Å². The van der Waals surface area contributed by atoms with Gasteiger partial charge in [-0.1, -0.05) is 44.2 Å². The van der Waals surface area contributed by atoms with Crippen LogP contribution in [0.1, 0.15) is 92.3 Å². The zero-order valence-corrected chi connectivity index (χ0v) is 24.5. The van der Waals surface area contributed by atoms with E-state index >= 15 is 0 Å². The molecular weight excluding hydrogens is 518 g/mol. The number of hydrogen-bond acceptors (Lipinski definition) is 5. The van der Waals surface area contributed by atoms with Crippen molar-refractivity contribution in [1.82, 2.24) is 15.5 Å². The number of imide groups is 1. The maximum absolute atomic E-state index is 13.2. The highest BCUT2D eigenvalue weighted by Gasteiger charge is 2.42. The van der Waals surface area contributed by atoms with Crippen molar-refractivity contribution in [2.45, 2.75) is 101 Å². The first-order chi connectivity index (χ1) is 19.3. The van der Waals surface area contributed by atoms with Gasteiger partial charge in [-0.2, -0.15) is 0 Å². The molecule has 4 aliphatic rings. The third kappa shape index (κ3) is 5.60. The molecule has 2 heterocycles. The summed E-state index contributed by atoms with van der Waals surface area (Å²) < 4.78 is 0. The van der Waals surface area contributed by atoms with Gasteiger partial charge in [-0.05, 0) is 91.5 Å². The van der Waals surface area contributed by atoms with E-state index in [1.165, 1.54) is 49.7 Å². The van der Waals surface area contributed by atoms with Gasteiger partial charge in [0.15, 0.2) is 0 Å². The molecular formula is C33H41N3O3S. The Morgan fingerprint density at radius 3 is 2.52 bits per heavy atom. The summed E-state index contributed by atoms with van der Waals surface area (Å²) in [7, 11) is 0. The Morgan fingerprint density at radius 2 is 1.77 bits per heavy atom. The van der Waals surface area contributed by atoms with Gasteiger partial charge in [0, 0.05) is 41.3 Å². The lowest BCUT2D eigenvalue weighted by Gasteiger charge is -2.49. The van der Waals surface area contributed by atoms with Gasteiger partial charge in [0.1, 0.15) is 6.04 Å². The van der Waals surface area contributed by atoms with Crippen molar-refractivity contribution < 1.29 is 14.4 Å². The molecule has 3 unspecified atom stereocenters. The van der Waals surface area contributed by atoms with Crippen LogP contribution in [0.4, 0.5) is 0 Å². The molecule has 7 heteroatoms. The lowest BCUT2D eigenvalue weighted by Crippen LogP contribution is -2.52. The van der Waals surface area contributed by atoms with Crippen molar-refractivity contribution in [3.8, 4) is 0 Å². The molecule has 3 fully saturated rings. The Bertz CT molecular complexity index is 1290. The number of carbonyl (C=O) groups is 3. The van der Waals surface area contributed by atoms with Crippen LogP contribution >= 0.6 is 11.8 Å².